The summed E-state index contributed by atoms with van der Waals surface area (Å²) in [6.45, 7) is 0. The monoisotopic (exact) mass is 150 g/mol. The summed E-state index contributed by atoms with van der Waals surface area (Å²) in [5.74, 6) is 0. The van der Waals surface area contributed by atoms with E-state index in [-0.39, 0.29) is 34.2 Å². The van der Waals surface area contributed by atoms with E-state index in [0.29, 0.717) is 0 Å². The summed E-state index contributed by atoms with van der Waals surface area (Å²) in [5.41, 5.74) is 0. The fraction of sp³-hybridized carbons (Fsp3) is 0. The van der Waals surface area contributed by atoms with Crippen molar-refractivity contribution < 1.29 is 5.48 Å². The molecule has 0 aliphatic heterocycles. The average molecular weight is 151 g/mol. The van der Waals surface area contributed by atoms with Crippen LogP contribution in [0.3, 0.4) is 0 Å². The van der Waals surface area contributed by atoms with Crippen LogP contribution in [0, 0.1) is 0 Å². The van der Waals surface area contributed by atoms with Gasteiger partial charge in [0.25, 0.3) is 0 Å². The molecule has 0 aromatic heterocycles. The van der Waals surface area contributed by atoms with Crippen molar-refractivity contribution in [2.45, 2.75) is 0 Å². The van der Waals surface area contributed by atoms with Crippen LogP contribution in [0.2, 0.25) is 10.0 Å². The smallest absolute Gasteiger partial charge is 0.0639 e. The first-order valence-electron chi connectivity index (χ1n) is 3.88. The maximum atomic E-state index is 7.22. The Bertz CT molecular complexity index is 232. The summed E-state index contributed by atoms with van der Waals surface area (Å²) >= 11 is 11.0. The quantitative estimate of drug-likeness (QED) is 0.534. The largest absolute Gasteiger partial charge is 0.0843 e. The summed E-state index contributed by atoms with van der Waals surface area (Å²) in [7, 11) is 0. The Morgan fingerprint density at radius 2 is 1.25 bits per heavy atom. The van der Waals surface area contributed by atoms with E-state index >= 15 is 0 Å². The minimum absolute atomic E-state index is 0.200. The molecule has 0 saturated carbocycles. The summed E-state index contributed by atoms with van der Waals surface area (Å²) in [6.07, 6.45) is 0. The lowest BCUT2D eigenvalue weighted by Crippen LogP contribution is -1.60. The number of rotatable bonds is 0. The highest BCUT2D eigenvalue weighted by Gasteiger charge is 1.83. The molecule has 1 aromatic rings. The number of benzene rings is 1. The number of halogens is 2. The van der Waals surface area contributed by atoms with E-state index < -0.39 is 0 Å². The van der Waals surface area contributed by atoms with Gasteiger partial charge in [-0.1, -0.05) is 23.2 Å². The SMILES string of the molecule is [2H]c1c([2H])c(Cl)c([2H])c([2H])c1Cl. The van der Waals surface area contributed by atoms with Gasteiger partial charge in [-0.3, -0.25) is 0 Å². The van der Waals surface area contributed by atoms with Gasteiger partial charge in [-0.25, -0.2) is 0 Å². The van der Waals surface area contributed by atoms with Crippen LogP contribution >= 0.6 is 23.2 Å². The fourth-order valence-electron chi connectivity index (χ4n) is 0.282. The molecule has 42 valence electrons. The average Bonchev–Trinajstić information content (AvgIpc) is 2.08. The zero-order chi connectivity index (χ0) is 9.46. The van der Waals surface area contributed by atoms with Gasteiger partial charge in [0.2, 0.25) is 0 Å². The lowest BCUT2D eigenvalue weighted by atomic mass is 10.4. The van der Waals surface area contributed by atoms with Crippen molar-refractivity contribution >= 4 is 23.2 Å². The third kappa shape index (κ3) is 1.39. The van der Waals surface area contributed by atoms with Gasteiger partial charge in [0.1, 0.15) is 0 Å². The highest BCUT2D eigenvalue weighted by molar-refractivity contribution is 6.32. The van der Waals surface area contributed by atoms with Crippen LogP contribution in [-0.2, 0) is 0 Å². The molecule has 0 N–H and O–H groups in total. The van der Waals surface area contributed by atoms with E-state index in [1.54, 1.807) is 0 Å². The number of hydrogen-bond donors (Lipinski definition) is 0. The molecule has 0 spiro atoms. The Morgan fingerprint density at radius 3 is 1.50 bits per heavy atom. The number of hydrogen-bond acceptors (Lipinski definition) is 0. The molecule has 0 bridgehead atoms. The Labute approximate surface area is 63.7 Å². The molecule has 0 saturated heterocycles. The molecule has 1 aromatic carbocycles. The minimum atomic E-state index is -0.303. The van der Waals surface area contributed by atoms with Crippen molar-refractivity contribution in [3.8, 4) is 0 Å². The molecule has 0 unspecified atom stereocenters. The molecule has 0 aliphatic carbocycles. The van der Waals surface area contributed by atoms with Gasteiger partial charge in [-0.05, 0) is 24.2 Å². The first kappa shape index (κ1) is 2.59. The standard InChI is InChI=1S/C6H4Cl2/c7-5-1-2-6(8)4-3-5/h1-4H/i1D,2D,3D,4D. The highest BCUT2D eigenvalue weighted by Crippen LogP contribution is 2.12. The second-order valence-electron chi connectivity index (χ2n) is 1.13. The maximum absolute atomic E-state index is 7.22. The molecule has 0 fully saturated rings. The molecule has 0 heterocycles. The van der Waals surface area contributed by atoms with Gasteiger partial charge < -0.3 is 0 Å². The van der Waals surface area contributed by atoms with Gasteiger partial charge in [-0.15, -0.1) is 0 Å². The van der Waals surface area contributed by atoms with Crippen molar-refractivity contribution in [3.05, 3.63) is 34.2 Å². The van der Waals surface area contributed by atoms with E-state index in [1.165, 1.54) is 0 Å². The zero-order valence-electron chi connectivity index (χ0n) is 7.76. The van der Waals surface area contributed by atoms with Crippen LogP contribution < -0.4 is 0 Å². The predicted molar refractivity (Wildman–Crippen MR) is 36.5 cm³/mol. The second-order valence-corrected chi connectivity index (χ2v) is 1.88. The van der Waals surface area contributed by atoms with Crippen molar-refractivity contribution in [3.63, 3.8) is 0 Å². The molecule has 0 radical (unpaired) electrons. The van der Waals surface area contributed by atoms with E-state index in [9.17, 15) is 0 Å². The molecule has 8 heavy (non-hydrogen) atoms. The van der Waals surface area contributed by atoms with Crippen molar-refractivity contribution in [1.29, 1.82) is 0 Å². The zero-order valence-corrected chi connectivity index (χ0v) is 5.27. The fourth-order valence-corrected chi connectivity index (χ4v) is 0.471. The summed E-state index contributed by atoms with van der Waals surface area (Å²) < 4.78 is 28.9. The van der Waals surface area contributed by atoms with Gasteiger partial charge in [0.15, 0.2) is 0 Å². The maximum Gasteiger partial charge on any atom is 0.0639 e. The Hall–Kier alpha value is -0.200. The first-order chi connectivity index (χ1) is 5.46. The van der Waals surface area contributed by atoms with Crippen molar-refractivity contribution in [2.75, 3.05) is 0 Å². The van der Waals surface area contributed by atoms with Crippen LogP contribution in [0.5, 0.6) is 0 Å². The molecule has 0 atom stereocenters. The van der Waals surface area contributed by atoms with Gasteiger partial charge in [-0.2, -0.15) is 0 Å². The van der Waals surface area contributed by atoms with Gasteiger partial charge in [0.05, 0.1) is 5.48 Å². The molecular weight excluding hydrogens is 143 g/mol. The Balaban J connectivity index is 3.60. The van der Waals surface area contributed by atoms with Crippen molar-refractivity contribution in [1.82, 2.24) is 0 Å². The molecule has 0 aliphatic rings. The van der Waals surface area contributed by atoms with E-state index in [2.05, 4.69) is 0 Å². The summed E-state index contributed by atoms with van der Waals surface area (Å²) in [4.78, 5) is 0. The molecular formula is C6H4Cl2. The highest BCUT2D eigenvalue weighted by atomic mass is 35.5. The lowest BCUT2D eigenvalue weighted by molar-refractivity contribution is 1.71. The van der Waals surface area contributed by atoms with Gasteiger partial charge >= 0.3 is 0 Å². The third-order valence-corrected chi connectivity index (χ3v) is 0.942. The van der Waals surface area contributed by atoms with Crippen LogP contribution in [0.1, 0.15) is 5.48 Å². The van der Waals surface area contributed by atoms with Crippen LogP contribution in [0.4, 0.5) is 0 Å². The van der Waals surface area contributed by atoms with Crippen LogP contribution in [-0.4, -0.2) is 0 Å². The van der Waals surface area contributed by atoms with E-state index in [4.69, 9.17) is 28.7 Å². The third-order valence-electron chi connectivity index (χ3n) is 0.564. The molecule has 1 rings (SSSR count). The predicted octanol–water partition coefficient (Wildman–Crippen LogP) is 2.99. The van der Waals surface area contributed by atoms with E-state index in [1.807, 2.05) is 0 Å². The van der Waals surface area contributed by atoms with Crippen LogP contribution in [0.15, 0.2) is 24.2 Å². The molecule has 0 nitrogen and oxygen atoms in total. The Kier molecular flexibility index (Phi) is 0.771. The normalized spacial score (nSPS) is 16.2. The van der Waals surface area contributed by atoms with E-state index in [0.717, 1.165) is 0 Å². The summed E-state index contributed by atoms with van der Waals surface area (Å²) in [6, 6.07) is -1.21. The Morgan fingerprint density at radius 1 is 1.00 bits per heavy atom. The first-order valence-corrected chi connectivity index (χ1v) is 2.63. The molecule has 0 amide bonds. The van der Waals surface area contributed by atoms with Gasteiger partial charge in [0, 0.05) is 10.0 Å². The van der Waals surface area contributed by atoms with Crippen molar-refractivity contribution in [2.24, 2.45) is 0 Å². The van der Waals surface area contributed by atoms with Crippen LogP contribution in [0.25, 0.3) is 0 Å². The summed E-state index contributed by atoms with van der Waals surface area (Å²) in [5, 5.41) is -0.399. The lowest BCUT2D eigenvalue weighted by Gasteiger charge is -1.86. The molecule has 2 heteroatoms. The minimum Gasteiger partial charge on any atom is -0.0843 e. The topological polar surface area (TPSA) is 0 Å². The second kappa shape index (κ2) is 2.38.